The Bertz CT molecular complexity index is 579. The standard InChI is InChI=1S/C10H13ClN2O3S2/c11-9-3-8(5-12-10(9)14)18(15,16)13-4-7-1-2-17-6-7/h3,5,7,13H,1-2,4,6H2,(H,12,14). The summed E-state index contributed by atoms with van der Waals surface area (Å²) in [6.45, 7) is 0.423. The second-order valence-electron chi connectivity index (χ2n) is 4.09. The van der Waals surface area contributed by atoms with Crippen LogP contribution in [-0.4, -0.2) is 31.5 Å². The van der Waals surface area contributed by atoms with E-state index < -0.39 is 15.6 Å². The summed E-state index contributed by atoms with van der Waals surface area (Å²) in [4.78, 5) is 13.3. The van der Waals surface area contributed by atoms with E-state index in [9.17, 15) is 13.2 Å². The highest BCUT2D eigenvalue weighted by Gasteiger charge is 2.20. The number of sulfonamides is 1. The van der Waals surface area contributed by atoms with Crippen LogP contribution >= 0.6 is 23.4 Å². The molecule has 0 bridgehead atoms. The van der Waals surface area contributed by atoms with Gasteiger partial charge in [0.05, 0.1) is 4.90 Å². The molecule has 8 heteroatoms. The molecule has 0 spiro atoms. The first-order chi connectivity index (χ1) is 8.49. The van der Waals surface area contributed by atoms with Gasteiger partial charge in [0.2, 0.25) is 10.0 Å². The van der Waals surface area contributed by atoms with Crippen molar-refractivity contribution in [3.63, 3.8) is 0 Å². The van der Waals surface area contributed by atoms with E-state index in [1.165, 1.54) is 0 Å². The summed E-state index contributed by atoms with van der Waals surface area (Å²) in [6.07, 6.45) is 2.18. The van der Waals surface area contributed by atoms with Gasteiger partial charge in [0.15, 0.2) is 0 Å². The van der Waals surface area contributed by atoms with Gasteiger partial charge in [-0.1, -0.05) is 11.6 Å². The summed E-state index contributed by atoms with van der Waals surface area (Å²) < 4.78 is 26.4. The summed E-state index contributed by atoms with van der Waals surface area (Å²) in [7, 11) is -3.60. The molecule has 2 N–H and O–H groups in total. The number of rotatable bonds is 4. The summed E-state index contributed by atoms with van der Waals surface area (Å²) in [5.41, 5.74) is -0.497. The third-order valence-corrected chi connectivity index (χ3v) is 5.64. The second-order valence-corrected chi connectivity index (χ2v) is 7.42. The van der Waals surface area contributed by atoms with Gasteiger partial charge in [-0.3, -0.25) is 4.79 Å². The molecule has 0 aromatic carbocycles. The first kappa shape index (κ1) is 13.9. The Labute approximate surface area is 114 Å². The van der Waals surface area contributed by atoms with Crippen LogP contribution in [0.5, 0.6) is 0 Å². The fourth-order valence-corrected chi connectivity index (χ4v) is 4.28. The minimum atomic E-state index is -3.60. The molecule has 0 saturated carbocycles. The Balaban J connectivity index is 2.09. The summed E-state index contributed by atoms with van der Waals surface area (Å²) in [5, 5.41) is -0.130. The largest absolute Gasteiger partial charge is 0.326 e. The van der Waals surface area contributed by atoms with Crippen molar-refractivity contribution in [1.29, 1.82) is 0 Å². The first-order valence-corrected chi connectivity index (χ1v) is 8.46. The maximum Gasteiger partial charge on any atom is 0.266 e. The van der Waals surface area contributed by atoms with Crippen molar-refractivity contribution >= 4 is 33.4 Å². The smallest absolute Gasteiger partial charge is 0.266 e. The Morgan fingerprint density at radius 3 is 2.94 bits per heavy atom. The molecule has 100 valence electrons. The highest BCUT2D eigenvalue weighted by atomic mass is 35.5. The normalized spacial score (nSPS) is 20.2. The molecule has 0 amide bonds. The maximum absolute atomic E-state index is 12.0. The van der Waals surface area contributed by atoms with Crippen LogP contribution in [0, 0.1) is 5.92 Å². The van der Waals surface area contributed by atoms with E-state index in [-0.39, 0.29) is 9.92 Å². The fraction of sp³-hybridized carbons (Fsp3) is 0.500. The lowest BCUT2D eigenvalue weighted by atomic mass is 10.1. The van der Waals surface area contributed by atoms with E-state index in [1.807, 2.05) is 11.8 Å². The number of nitrogens with one attached hydrogen (secondary N) is 2. The van der Waals surface area contributed by atoms with Crippen molar-refractivity contribution in [2.75, 3.05) is 18.1 Å². The van der Waals surface area contributed by atoms with E-state index >= 15 is 0 Å². The Morgan fingerprint density at radius 2 is 2.33 bits per heavy atom. The van der Waals surface area contributed by atoms with Gasteiger partial charge in [-0.05, 0) is 29.9 Å². The van der Waals surface area contributed by atoms with Crippen LogP contribution < -0.4 is 10.3 Å². The molecule has 1 saturated heterocycles. The molecule has 5 nitrogen and oxygen atoms in total. The Morgan fingerprint density at radius 1 is 1.56 bits per heavy atom. The predicted octanol–water partition coefficient (Wildman–Crippen LogP) is 1.06. The van der Waals surface area contributed by atoms with Crippen LogP contribution in [-0.2, 0) is 10.0 Å². The van der Waals surface area contributed by atoms with E-state index in [4.69, 9.17) is 11.6 Å². The number of hydrogen-bond donors (Lipinski definition) is 2. The number of halogens is 1. The molecule has 1 aliphatic heterocycles. The van der Waals surface area contributed by atoms with Gasteiger partial charge in [0.25, 0.3) is 5.56 Å². The van der Waals surface area contributed by atoms with Crippen molar-refractivity contribution in [2.45, 2.75) is 11.3 Å². The van der Waals surface area contributed by atoms with Crippen molar-refractivity contribution < 1.29 is 8.42 Å². The fourth-order valence-electron chi connectivity index (χ4n) is 1.65. The molecule has 1 aliphatic rings. The molecular weight excluding hydrogens is 296 g/mol. The van der Waals surface area contributed by atoms with E-state index in [2.05, 4.69) is 9.71 Å². The number of hydrogen-bond acceptors (Lipinski definition) is 4. The molecule has 2 heterocycles. The van der Waals surface area contributed by atoms with Crippen molar-refractivity contribution in [2.24, 2.45) is 5.92 Å². The number of pyridine rings is 1. The highest BCUT2D eigenvalue weighted by molar-refractivity contribution is 7.99. The molecule has 1 fully saturated rings. The molecule has 2 rings (SSSR count). The molecule has 1 unspecified atom stereocenters. The van der Waals surface area contributed by atoms with Gasteiger partial charge in [0, 0.05) is 12.7 Å². The van der Waals surface area contributed by atoms with Crippen molar-refractivity contribution in [3.05, 3.63) is 27.6 Å². The van der Waals surface area contributed by atoms with Crippen LogP contribution in [0.1, 0.15) is 6.42 Å². The van der Waals surface area contributed by atoms with Crippen LogP contribution in [0.25, 0.3) is 0 Å². The molecular formula is C10H13ClN2O3S2. The zero-order chi connectivity index (χ0) is 13.2. The Kier molecular flexibility index (Phi) is 4.37. The lowest BCUT2D eigenvalue weighted by Crippen LogP contribution is -2.30. The third kappa shape index (κ3) is 3.28. The quantitative estimate of drug-likeness (QED) is 0.872. The van der Waals surface area contributed by atoms with Crippen LogP contribution in [0.2, 0.25) is 5.02 Å². The summed E-state index contributed by atoms with van der Waals surface area (Å²) >= 11 is 7.44. The average molecular weight is 309 g/mol. The molecule has 1 aromatic heterocycles. The van der Waals surface area contributed by atoms with Gasteiger partial charge in [-0.2, -0.15) is 11.8 Å². The lowest BCUT2D eigenvalue weighted by molar-refractivity contribution is 0.545. The molecule has 1 aromatic rings. The van der Waals surface area contributed by atoms with Crippen LogP contribution in [0.15, 0.2) is 22.0 Å². The topological polar surface area (TPSA) is 79.0 Å². The predicted molar refractivity (Wildman–Crippen MR) is 72.7 cm³/mol. The van der Waals surface area contributed by atoms with Gasteiger partial charge in [-0.15, -0.1) is 0 Å². The molecule has 1 atom stereocenters. The van der Waals surface area contributed by atoms with E-state index in [0.717, 1.165) is 30.2 Å². The van der Waals surface area contributed by atoms with Gasteiger partial charge in [-0.25, -0.2) is 13.1 Å². The Hall–Kier alpha value is -0.500. The van der Waals surface area contributed by atoms with Crippen molar-refractivity contribution in [1.82, 2.24) is 9.71 Å². The van der Waals surface area contributed by atoms with Gasteiger partial charge >= 0.3 is 0 Å². The number of H-pyrrole nitrogens is 1. The zero-order valence-corrected chi connectivity index (χ0v) is 11.9. The average Bonchev–Trinajstić information content (AvgIpc) is 2.83. The number of thioether (sulfide) groups is 1. The zero-order valence-electron chi connectivity index (χ0n) is 9.48. The number of aromatic amines is 1. The minimum absolute atomic E-state index is 0.0160. The molecule has 0 aliphatic carbocycles. The van der Waals surface area contributed by atoms with E-state index in [0.29, 0.717) is 12.5 Å². The monoisotopic (exact) mass is 308 g/mol. The highest BCUT2D eigenvalue weighted by Crippen LogP contribution is 2.23. The van der Waals surface area contributed by atoms with Crippen LogP contribution in [0.3, 0.4) is 0 Å². The lowest BCUT2D eigenvalue weighted by Gasteiger charge is -2.10. The third-order valence-electron chi connectivity index (χ3n) is 2.73. The van der Waals surface area contributed by atoms with Crippen LogP contribution in [0.4, 0.5) is 0 Å². The summed E-state index contributed by atoms with van der Waals surface area (Å²) in [5.74, 6) is 2.44. The first-order valence-electron chi connectivity index (χ1n) is 5.45. The van der Waals surface area contributed by atoms with E-state index in [1.54, 1.807) is 0 Å². The van der Waals surface area contributed by atoms with Crippen molar-refractivity contribution in [3.8, 4) is 0 Å². The minimum Gasteiger partial charge on any atom is -0.326 e. The second kappa shape index (κ2) is 5.64. The number of aromatic nitrogens is 1. The van der Waals surface area contributed by atoms with Gasteiger partial charge in [0.1, 0.15) is 5.02 Å². The molecule has 0 radical (unpaired) electrons. The summed E-state index contributed by atoms with van der Waals surface area (Å²) in [6, 6.07) is 1.16. The molecule has 18 heavy (non-hydrogen) atoms. The SMILES string of the molecule is O=c1[nH]cc(S(=O)(=O)NCC2CCSC2)cc1Cl. The van der Waals surface area contributed by atoms with Gasteiger partial charge < -0.3 is 4.98 Å². The maximum atomic E-state index is 12.0.